The Kier molecular flexibility index (Phi) is 6.58. The van der Waals surface area contributed by atoms with Crippen molar-refractivity contribution in [3.63, 3.8) is 0 Å². The maximum Gasteiger partial charge on any atom is 0.161 e. The van der Waals surface area contributed by atoms with Gasteiger partial charge in [0.2, 0.25) is 0 Å². The highest BCUT2D eigenvalue weighted by molar-refractivity contribution is 5.51. The SMILES string of the molecule is CCOc1cc2c(cc1OC)CCNC2c1ccc(OCCN(C)C)cc1. The van der Waals surface area contributed by atoms with Crippen LogP contribution in [0.5, 0.6) is 17.2 Å². The van der Waals surface area contributed by atoms with E-state index >= 15 is 0 Å². The molecule has 0 bridgehead atoms. The predicted molar refractivity (Wildman–Crippen MR) is 108 cm³/mol. The molecule has 0 spiro atoms. The van der Waals surface area contributed by atoms with Gasteiger partial charge in [-0.2, -0.15) is 0 Å². The van der Waals surface area contributed by atoms with Crippen LogP contribution in [0.2, 0.25) is 0 Å². The second-order valence-corrected chi connectivity index (χ2v) is 6.99. The van der Waals surface area contributed by atoms with E-state index < -0.39 is 0 Å². The van der Waals surface area contributed by atoms with Gasteiger partial charge in [0, 0.05) is 13.1 Å². The number of methoxy groups -OCH3 is 1. The summed E-state index contributed by atoms with van der Waals surface area (Å²) in [5.41, 5.74) is 3.79. The molecule has 27 heavy (non-hydrogen) atoms. The highest BCUT2D eigenvalue weighted by Crippen LogP contribution is 2.37. The molecule has 0 radical (unpaired) electrons. The molecular formula is C22H30N2O3. The third-order valence-corrected chi connectivity index (χ3v) is 4.80. The molecule has 5 nitrogen and oxygen atoms in total. The molecule has 0 amide bonds. The first-order valence-corrected chi connectivity index (χ1v) is 9.56. The Morgan fingerprint density at radius 1 is 1.07 bits per heavy atom. The average Bonchev–Trinajstić information content (AvgIpc) is 2.67. The monoisotopic (exact) mass is 370 g/mol. The Morgan fingerprint density at radius 2 is 1.85 bits per heavy atom. The van der Waals surface area contributed by atoms with Crippen LogP contribution in [-0.2, 0) is 6.42 Å². The molecule has 1 heterocycles. The summed E-state index contributed by atoms with van der Waals surface area (Å²) in [4.78, 5) is 2.11. The standard InChI is InChI=1S/C22H30N2O3/c1-5-26-21-15-19-17(14-20(21)25-4)10-11-23-22(19)16-6-8-18(9-7-16)27-13-12-24(2)3/h6-9,14-15,22-23H,5,10-13H2,1-4H3. The molecule has 1 atom stereocenters. The first-order valence-electron chi connectivity index (χ1n) is 9.56. The van der Waals surface area contributed by atoms with E-state index in [4.69, 9.17) is 14.2 Å². The van der Waals surface area contributed by atoms with Crippen LogP contribution in [0.25, 0.3) is 0 Å². The Hall–Kier alpha value is -2.24. The lowest BCUT2D eigenvalue weighted by Gasteiger charge is -2.28. The fourth-order valence-corrected chi connectivity index (χ4v) is 3.39. The molecule has 5 heteroatoms. The quantitative estimate of drug-likeness (QED) is 0.773. The first kappa shape index (κ1) is 19.5. The van der Waals surface area contributed by atoms with E-state index in [0.717, 1.165) is 36.8 Å². The van der Waals surface area contributed by atoms with Gasteiger partial charge in [0.25, 0.3) is 0 Å². The summed E-state index contributed by atoms with van der Waals surface area (Å²) in [6, 6.07) is 12.8. The number of hydrogen-bond donors (Lipinski definition) is 1. The second-order valence-electron chi connectivity index (χ2n) is 6.99. The van der Waals surface area contributed by atoms with Gasteiger partial charge < -0.3 is 24.4 Å². The van der Waals surface area contributed by atoms with Gasteiger partial charge in [0.05, 0.1) is 19.8 Å². The van der Waals surface area contributed by atoms with Crippen LogP contribution in [0.4, 0.5) is 0 Å². The van der Waals surface area contributed by atoms with E-state index in [1.54, 1.807) is 7.11 Å². The fourth-order valence-electron chi connectivity index (χ4n) is 3.39. The Balaban J connectivity index is 1.81. The molecule has 0 fully saturated rings. The smallest absolute Gasteiger partial charge is 0.161 e. The summed E-state index contributed by atoms with van der Waals surface area (Å²) in [6.07, 6.45) is 0.986. The van der Waals surface area contributed by atoms with Gasteiger partial charge >= 0.3 is 0 Å². The van der Waals surface area contributed by atoms with Crippen molar-refractivity contribution in [2.45, 2.75) is 19.4 Å². The lowest BCUT2D eigenvalue weighted by atomic mass is 9.89. The van der Waals surface area contributed by atoms with Gasteiger partial charge in [0.15, 0.2) is 11.5 Å². The van der Waals surface area contributed by atoms with Crippen molar-refractivity contribution < 1.29 is 14.2 Å². The maximum absolute atomic E-state index is 5.81. The largest absolute Gasteiger partial charge is 0.493 e. The number of nitrogens with one attached hydrogen (secondary N) is 1. The zero-order valence-electron chi connectivity index (χ0n) is 16.7. The Morgan fingerprint density at radius 3 is 2.52 bits per heavy atom. The predicted octanol–water partition coefficient (Wildman–Crippen LogP) is 3.27. The van der Waals surface area contributed by atoms with E-state index in [2.05, 4.69) is 34.5 Å². The van der Waals surface area contributed by atoms with Crippen molar-refractivity contribution >= 4 is 0 Å². The molecule has 0 saturated carbocycles. The van der Waals surface area contributed by atoms with Gasteiger partial charge in [-0.25, -0.2) is 0 Å². The highest BCUT2D eigenvalue weighted by Gasteiger charge is 2.24. The molecule has 0 saturated heterocycles. The van der Waals surface area contributed by atoms with Crippen molar-refractivity contribution in [3.8, 4) is 17.2 Å². The van der Waals surface area contributed by atoms with E-state index in [-0.39, 0.29) is 6.04 Å². The van der Waals surface area contributed by atoms with Crippen LogP contribution in [0.3, 0.4) is 0 Å². The molecule has 3 rings (SSSR count). The third kappa shape index (κ3) is 4.73. The summed E-state index contributed by atoms with van der Waals surface area (Å²) in [6.45, 7) is 5.14. The van der Waals surface area contributed by atoms with Crippen LogP contribution in [0.1, 0.15) is 29.7 Å². The third-order valence-electron chi connectivity index (χ3n) is 4.80. The number of fused-ring (bicyclic) bond motifs is 1. The number of ether oxygens (including phenoxy) is 3. The van der Waals surface area contributed by atoms with Gasteiger partial charge in [-0.15, -0.1) is 0 Å². The van der Waals surface area contributed by atoms with E-state index in [1.165, 1.54) is 16.7 Å². The second kappa shape index (κ2) is 9.11. The van der Waals surface area contributed by atoms with Crippen molar-refractivity contribution in [1.29, 1.82) is 0 Å². The number of rotatable bonds is 8. The zero-order valence-corrected chi connectivity index (χ0v) is 16.7. The number of nitrogens with zero attached hydrogens (tertiary/aromatic N) is 1. The van der Waals surface area contributed by atoms with Crippen LogP contribution in [-0.4, -0.2) is 52.4 Å². The van der Waals surface area contributed by atoms with Crippen molar-refractivity contribution in [2.24, 2.45) is 0 Å². The number of likely N-dealkylation sites (N-methyl/N-ethyl adjacent to an activating group) is 1. The van der Waals surface area contributed by atoms with Crippen LogP contribution >= 0.6 is 0 Å². The van der Waals surface area contributed by atoms with Gasteiger partial charge in [0.1, 0.15) is 12.4 Å². The minimum Gasteiger partial charge on any atom is -0.493 e. The minimum atomic E-state index is 0.148. The van der Waals surface area contributed by atoms with E-state index in [1.807, 2.05) is 33.2 Å². The van der Waals surface area contributed by atoms with Gasteiger partial charge in [-0.3, -0.25) is 0 Å². The molecule has 0 aliphatic carbocycles. The molecule has 0 aromatic heterocycles. The Bertz CT molecular complexity index is 744. The average molecular weight is 370 g/mol. The van der Waals surface area contributed by atoms with Crippen LogP contribution in [0, 0.1) is 0 Å². The van der Waals surface area contributed by atoms with Crippen molar-refractivity contribution in [1.82, 2.24) is 10.2 Å². The lowest BCUT2D eigenvalue weighted by molar-refractivity contribution is 0.261. The summed E-state index contributed by atoms with van der Waals surface area (Å²) < 4.78 is 17.1. The molecule has 146 valence electrons. The van der Waals surface area contributed by atoms with Gasteiger partial charge in [-0.1, -0.05) is 12.1 Å². The lowest BCUT2D eigenvalue weighted by Crippen LogP contribution is -2.30. The molecule has 2 aromatic carbocycles. The molecule has 2 aromatic rings. The summed E-state index contributed by atoms with van der Waals surface area (Å²) in [5.74, 6) is 2.51. The highest BCUT2D eigenvalue weighted by atomic mass is 16.5. The van der Waals surface area contributed by atoms with E-state index in [9.17, 15) is 0 Å². The van der Waals surface area contributed by atoms with Crippen molar-refractivity contribution in [2.75, 3.05) is 47.5 Å². The number of benzene rings is 2. The van der Waals surface area contributed by atoms with Gasteiger partial charge in [-0.05, 0) is 68.4 Å². The molecule has 1 N–H and O–H groups in total. The minimum absolute atomic E-state index is 0.148. The molecule has 1 aliphatic rings. The van der Waals surface area contributed by atoms with Crippen molar-refractivity contribution in [3.05, 3.63) is 53.1 Å². The summed E-state index contributed by atoms with van der Waals surface area (Å²) >= 11 is 0. The fraction of sp³-hybridized carbons (Fsp3) is 0.455. The summed E-state index contributed by atoms with van der Waals surface area (Å²) in [5, 5.41) is 3.63. The van der Waals surface area contributed by atoms with Crippen LogP contribution in [0.15, 0.2) is 36.4 Å². The topological polar surface area (TPSA) is 43.0 Å². The molecule has 1 unspecified atom stereocenters. The summed E-state index contributed by atoms with van der Waals surface area (Å²) in [7, 11) is 5.78. The Labute approximate surface area is 162 Å². The zero-order chi connectivity index (χ0) is 19.2. The number of hydrogen-bond acceptors (Lipinski definition) is 5. The molecular weight excluding hydrogens is 340 g/mol. The van der Waals surface area contributed by atoms with E-state index in [0.29, 0.717) is 13.2 Å². The first-order chi connectivity index (χ1) is 13.1. The molecule has 1 aliphatic heterocycles. The normalized spacial score (nSPS) is 16.1. The maximum atomic E-state index is 5.81. The van der Waals surface area contributed by atoms with Crippen LogP contribution < -0.4 is 19.5 Å².